The number of nitrogens with zero attached hydrogens (tertiary/aromatic N) is 1. The van der Waals surface area contributed by atoms with Crippen LogP contribution in [-0.4, -0.2) is 16.1 Å². The second kappa shape index (κ2) is 9.07. The van der Waals surface area contributed by atoms with Crippen molar-refractivity contribution in [3.05, 3.63) is 93.9 Å². The molecule has 0 fully saturated rings. The highest BCUT2D eigenvalue weighted by atomic mass is 35.5. The number of oxazole rings is 1. The zero-order valence-corrected chi connectivity index (χ0v) is 17.2. The quantitative estimate of drug-likeness (QED) is 0.271. The predicted molar refractivity (Wildman–Crippen MR) is 118 cm³/mol. The van der Waals surface area contributed by atoms with Crippen LogP contribution in [0, 0.1) is 0 Å². The Kier molecular flexibility index (Phi) is 6.07. The monoisotopic (exact) mass is 437 g/mol. The largest absolute Gasteiger partial charge is 0.489 e. The van der Waals surface area contributed by atoms with Gasteiger partial charge in [-0.1, -0.05) is 54.1 Å². The molecule has 0 saturated carbocycles. The Labute approximate surface area is 182 Å². The fourth-order valence-corrected chi connectivity index (χ4v) is 3.65. The van der Waals surface area contributed by atoms with Crippen LogP contribution >= 0.6 is 23.4 Å². The number of carbonyl (C=O) groups is 1. The molecule has 1 N–H and O–H groups in total. The fourth-order valence-electron chi connectivity index (χ4n) is 2.71. The zero-order chi connectivity index (χ0) is 20.9. The molecule has 0 aliphatic heterocycles. The summed E-state index contributed by atoms with van der Waals surface area (Å²) in [6.07, 6.45) is 1.57. The average Bonchev–Trinajstić information content (AvgIpc) is 3.16. The molecule has 7 heteroatoms. The number of hydrogen-bond acceptors (Lipinski definition) is 5. The van der Waals surface area contributed by atoms with E-state index in [2.05, 4.69) is 4.98 Å². The number of para-hydroxylation sites is 2. The van der Waals surface area contributed by atoms with Gasteiger partial charge in [-0.05, 0) is 53.7 Å². The molecule has 30 heavy (non-hydrogen) atoms. The van der Waals surface area contributed by atoms with Gasteiger partial charge in [0.2, 0.25) is 0 Å². The molecule has 0 saturated heterocycles. The van der Waals surface area contributed by atoms with Gasteiger partial charge in [0.1, 0.15) is 22.8 Å². The smallest absolute Gasteiger partial charge is 0.342 e. The molecular weight excluding hydrogens is 422 g/mol. The molecule has 0 aliphatic rings. The van der Waals surface area contributed by atoms with Gasteiger partial charge in [0.15, 0.2) is 5.58 Å². The highest BCUT2D eigenvalue weighted by Gasteiger charge is 2.15. The maximum atomic E-state index is 11.7. The molecular formula is C23H16ClNO4S. The summed E-state index contributed by atoms with van der Waals surface area (Å²) in [7, 11) is 0. The van der Waals surface area contributed by atoms with E-state index in [-0.39, 0.29) is 10.1 Å². The van der Waals surface area contributed by atoms with Gasteiger partial charge in [-0.2, -0.15) is 0 Å². The summed E-state index contributed by atoms with van der Waals surface area (Å²) in [6, 6.07) is 21.9. The summed E-state index contributed by atoms with van der Waals surface area (Å²) in [5.41, 5.74) is 2.92. The lowest BCUT2D eigenvalue weighted by Crippen LogP contribution is -1.97. The summed E-state index contributed by atoms with van der Waals surface area (Å²) in [4.78, 5) is 16.1. The number of halogens is 1. The van der Waals surface area contributed by atoms with E-state index in [0.29, 0.717) is 28.5 Å². The van der Waals surface area contributed by atoms with E-state index < -0.39 is 5.97 Å². The predicted octanol–water partition coefficient (Wildman–Crippen LogP) is 6.28. The molecule has 0 spiro atoms. The first kappa shape index (κ1) is 20.1. The van der Waals surface area contributed by atoms with Crippen molar-refractivity contribution in [2.75, 3.05) is 0 Å². The summed E-state index contributed by atoms with van der Waals surface area (Å²) in [6.45, 7) is 0.350. The lowest BCUT2D eigenvalue weighted by Gasteiger charge is -2.08. The van der Waals surface area contributed by atoms with Crippen molar-refractivity contribution >= 4 is 46.5 Å². The lowest BCUT2D eigenvalue weighted by molar-refractivity contribution is -0.131. The Balaban J connectivity index is 1.47. The summed E-state index contributed by atoms with van der Waals surface area (Å²) >= 11 is 7.11. The summed E-state index contributed by atoms with van der Waals surface area (Å²) < 4.78 is 11.4. The maximum absolute atomic E-state index is 11.7. The number of carboxylic acids is 1. The van der Waals surface area contributed by atoms with Crippen molar-refractivity contribution in [2.24, 2.45) is 0 Å². The van der Waals surface area contributed by atoms with Crippen molar-refractivity contribution in [3.8, 4) is 5.75 Å². The van der Waals surface area contributed by atoms with Crippen LogP contribution in [0.5, 0.6) is 5.75 Å². The molecule has 0 atom stereocenters. The number of ether oxygens (including phenoxy) is 1. The Morgan fingerprint density at radius 1 is 1.07 bits per heavy atom. The van der Waals surface area contributed by atoms with Gasteiger partial charge >= 0.3 is 5.97 Å². The first-order valence-corrected chi connectivity index (χ1v) is 10.2. The topological polar surface area (TPSA) is 72.6 Å². The molecule has 4 aromatic rings. The van der Waals surface area contributed by atoms with Gasteiger partial charge in [0.05, 0.1) is 0 Å². The molecule has 4 rings (SSSR count). The molecule has 1 heterocycles. The van der Waals surface area contributed by atoms with Crippen molar-refractivity contribution in [1.29, 1.82) is 0 Å². The van der Waals surface area contributed by atoms with E-state index in [9.17, 15) is 9.90 Å². The van der Waals surface area contributed by atoms with Gasteiger partial charge in [0.25, 0.3) is 5.22 Å². The standard InChI is InChI=1S/C23H16ClNO4S/c24-18-6-2-1-5-16(18)14-28-17-11-9-15(10-12-17)13-21(22(26)27)30-23-25-19-7-3-4-8-20(19)29-23/h1-13H,14H2,(H,26,27)/b21-13-. The van der Waals surface area contributed by atoms with E-state index in [4.69, 9.17) is 20.8 Å². The van der Waals surface area contributed by atoms with Gasteiger partial charge in [-0.15, -0.1) is 0 Å². The normalized spacial score (nSPS) is 11.6. The Hall–Kier alpha value is -3.22. The van der Waals surface area contributed by atoms with Gasteiger partial charge in [-0.25, -0.2) is 9.78 Å². The first-order chi connectivity index (χ1) is 14.6. The van der Waals surface area contributed by atoms with Crippen molar-refractivity contribution in [3.63, 3.8) is 0 Å². The van der Waals surface area contributed by atoms with E-state index >= 15 is 0 Å². The van der Waals surface area contributed by atoms with E-state index in [1.807, 2.05) is 42.5 Å². The summed E-state index contributed by atoms with van der Waals surface area (Å²) in [5, 5.41) is 10.5. The highest BCUT2D eigenvalue weighted by molar-refractivity contribution is 8.03. The first-order valence-electron chi connectivity index (χ1n) is 9.03. The van der Waals surface area contributed by atoms with E-state index in [1.165, 1.54) is 0 Å². The van der Waals surface area contributed by atoms with Crippen LogP contribution in [0.2, 0.25) is 5.02 Å². The number of aliphatic carboxylic acids is 1. The van der Waals surface area contributed by atoms with Crippen LogP contribution in [0.4, 0.5) is 0 Å². The molecule has 0 amide bonds. The molecule has 0 aliphatic carbocycles. The van der Waals surface area contributed by atoms with Gasteiger partial charge in [-0.3, -0.25) is 0 Å². The Bertz CT molecular complexity index is 1180. The SMILES string of the molecule is O=C(O)/C(=C/c1ccc(OCc2ccccc2Cl)cc1)Sc1nc2ccccc2o1. The van der Waals surface area contributed by atoms with Crippen molar-refractivity contribution in [2.45, 2.75) is 11.8 Å². The number of benzene rings is 3. The lowest BCUT2D eigenvalue weighted by atomic mass is 10.2. The minimum Gasteiger partial charge on any atom is -0.489 e. The zero-order valence-electron chi connectivity index (χ0n) is 15.6. The number of hydrogen-bond donors (Lipinski definition) is 1. The third-order valence-electron chi connectivity index (χ3n) is 4.21. The fraction of sp³-hybridized carbons (Fsp3) is 0.0435. The van der Waals surface area contributed by atoms with Crippen LogP contribution in [0.15, 0.2) is 87.3 Å². The van der Waals surface area contributed by atoms with E-state index in [0.717, 1.165) is 22.9 Å². The Morgan fingerprint density at radius 2 is 1.80 bits per heavy atom. The van der Waals surface area contributed by atoms with Crippen LogP contribution in [0.1, 0.15) is 11.1 Å². The third-order valence-corrected chi connectivity index (χ3v) is 5.44. The highest BCUT2D eigenvalue weighted by Crippen LogP contribution is 2.31. The Morgan fingerprint density at radius 3 is 2.53 bits per heavy atom. The average molecular weight is 438 g/mol. The number of rotatable bonds is 7. The second-order valence-electron chi connectivity index (χ2n) is 6.31. The minimum atomic E-state index is -1.05. The van der Waals surface area contributed by atoms with Crippen LogP contribution < -0.4 is 4.74 Å². The molecule has 5 nitrogen and oxygen atoms in total. The number of fused-ring (bicyclic) bond motifs is 1. The molecule has 3 aromatic carbocycles. The third kappa shape index (κ3) is 4.84. The summed E-state index contributed by atoms with van der Waals surface area (Å²) in [5.74, 6) is -0.392. The number of aromatic nitrogens is 1. The molecule has 150 valence electrons. The van der Waals surface area contributed by atoms with Crippen LogP contribution in [-0.2, 0) is 11.4 Å². The number of carboxylic acid groups (broad SMARTS) is 1. The second-order valence-corrected chi connectivity index (χ2v) is 7.71. The van der Waals surface area contributed by atoms with Crippen LogP contribution in [0.25, 0.3) is 17.2 Å². The van der Waals surface area contributed by atoms with Crippen LogP contribution in [0.3, 0.4) is 0 Å². The minimum absolute atomic E-state index is 0.103. The molecule has 1 aromatic heterocycles. The van der Waals surface area contributed by atoms with Gasteiger partial charge < -0.3 is 14.3 Å². The molecule has 0 unspecified atom stereocenters. The molecule has 0 bridgehead atoms. The number of thioether (sulfide) groups is 1. The van der Waals surface area contributed by atoms with Crippen molar-refractivity contribution in [1.82, 2.24) is 4.98 Å². The van der Waals surface area contributed by atoms with E-state index in [1.54, 1.807) is 36.4 Å². The maximum Gasteiger partial charge on any atom is 0.342 e. The molecule has 0 radical (unpaired) electrons. The van der Waals surface area contributed by atoms with Gasteiger partial charge in [0, 0.05) is 10.6 Å². The van der Waals surface area contributed by atoms with Crippen molar-refractivity contribution < 1.29 is 19.1 Å².